The molecule has 0 unspecified atom stereocenters. The molecule has 0 spiro atoms. The molecule has 8 nitrogen and oxygen atoms in total. The molecule has 5 rings (SSSR count). The molecule has 0 saturated carbocycles. The van der Waals surface area contributed by atoms with Gasteiger partial charge in [-0.05, 0) is 48.0 Å². The molecule has 34 heavy (non-hydrogen) atoms. The minimum Gasteiger partial charge on any atom is -0.507 e. The van der Waals surface area contributed by atoms with Crippen molar-refractivity contribution < 1.29 is 14.2 Å². The number of nitrogens with zero attached hydrogens (tertiary/aromatic N) is 3. The molecule has 1 amide bonds. The SMILES string of the molecule is O=C(NCCc1cscn1)c1ccc2nc(-c3cc(-c4cccnc4OCl)ccc3O)[nH]c2c1. The Kier molecular flexibility index (Phi) is 6.11. The summed E-state index contributed by atoms with van der Waals surface area (Å²) in [4.78, 5) is 28.7. The molecule has 3 aromatic heterocycles. The Labute approximate surface area is 203 Å². The minimum absolute atomic E-state index is 0.0556. The van der Waals surface area contributed by atoms with Crippen LogP contribution in [-0.2, 0) is 6.42 Å². The molecule has 0 bridgehead atoms. The molecule has 3 heterocycles. The van der Waals surface area contributed by atoms with Gasteiger partial charge >= 0.3 is 0 Å². The molecular formula is C24H18ClN5O3S. The van der Waals surface area contributed by atoms with Crippen LogP contribution >= 0.6 is 23.2 Å². The van der Waals surface area contributed by atoms with Gasteiger partial charge in [-0.15, -0.1) is 11.3 Å². The number of hydrogen-bond donors (Lipinski definition) is 3. The number of halogens is 1. The summed E-state index contributed by atoms with van der Waals surface area (Å²) in [5.74, 6) is 0.604. The summed E-state index contributed by atoms with van der Waals surface area (Å²) in [6.45, 7) is 0.498. The number of rotatable bonds is 7. The fourth-order valence-electron chi connectivity index (χ4n) is 3.61. The highest BCUT2D eigenvalue weighted by atomic mass is 35.5. The van der Waals surface area contributed by atoms with Crippen molar-refractivity contribution in [3.05, 3.63) is 76.9 Å². The molecular weight excluding hydrogens is 474 g/mol. The number of carbonyl (C=O) groups excluding carboxylic acids is 1. The summed E-state index contributed by atoms with van der Waals surface area (Å²) in [6, 6.07) is 13.9. The van der Waals surface area contributed by atoms with E-state index >= 15 is 0 Å². The van der Waals surface area contributed by atoms with Crippen molar-refractivity contribution in [2.24, 2.45) is 0 Å². The number of aromatic hydroxyl groups is 1. The third-order valence-corrected chi connectivity index (χ3v) is 6.08. The second-order valence-corrected chi connectivity index (χ2v) is 8.34. The number of thiazole rings is 1. The van der Waals surface area contributed by atoms with Crippen LogP contribution in [-0.4, -0.2) is 37.5 Å². The lowest BCUT2D eigenvalue weighted by molar-refractivity contribution is 0.0954. The second kappa shape index (κ2) is 9.50. The molecule has 0 saturated heterocycles. The van der Waals surface area contributed by atoms with Crippen LogP contribution in [0.5, 0.6) is 11.6 Å². The van der Waals surface area contributed by atoms with Gasteiger partial charge in [-0.25, -0.2) is 15.0 Å². The fourth-order valence-corrected chi connectivity index (χ4v) is 4.33. The first-order chi connectivity index (χ1) is 16.6. The summed E-state index contributed by atoms with van der Waals surface area (Å²) in [7, 11) is 0. The number of carbonyl (C=O) groups is 1. The van der Waals surface area contributed by atoms with Gasteiger partial charge in [0, 0.05) is 35.7 Å². The van der Waals surface area contributed by atoms with Crippen molar-refractivity contribution in [2.45, 2.75) is 6.42 Å². The Morgan fingerprint density at radius 2 is 2.06 bits per heavy atom. The van der Waals surface area contributed by atoms with Crippen molar-refractivity contribution >= 4 is 40.1 Å². The molecule has 5 aromatic rings. The lowest BCUT2D eigenvalue weighted by Crippen LogP contribution is -2.25. The van der Waals surface area contributed by atoms with Crippen LogP contribution in [0.15, 0.2) is 65.6 Å². The first-order valence-electron chi connectivity index (χ1n) is 10.3. The van der Waals surface area contributed by atoms with E-state index in [-0.39, 0.29) is 17.5 Å². The zero-order chi connectivity index (χ0) is 23.5. The van der Waals surface area contributed by atoms with Gasteiger partial charge in [0.2, 0.25) is 5.88 Å². The van der Waals surface area contributed by atoms with Gasteiger partial charge in [0.1, 0.15) is 23.4 Å². The summed E-state index contributed by atoms with van der Waals surface area (Å²) in [5.41, 5.74) is 6.50. The van der Waals surface area contributed by atoms with Crippen LogP contribution in [0.1, 0.15) is 16.1 Å². The Hall–Kier alpha value is -3.95. The van der Waals surface area contributed by atoms with Crippen molar-refractivity contribution in [1.29, 1.82) is 0 Å². The van der Waals surface area contributed by atoms with Crippen molar-refractivity contribution in [1.82, 2.24) is 25.3 Å². The van der Waals surface area contributed by atoms with E-state index in [9.17, 15) is 9.90 Å². The third kappa shape index (κ3) is 4.43. The van der Waals surface area contributed by atoms with E-state index in [2.05, 4.69) is 25.3 Å². The van der Waals surface area contributed by atoms with Gasteiger partial charge in [-0.3, -0.25) is 4.79 Å². The maximum absolute atomic E-state index is 12.6. The Morgan fingerprint density at radius 1 is 1.15 bits per heavy atom. The number of amides is 1. The quantitative estimate of drug-likeness (QED) is 0.296. The first kappa shape index (κ1) is 21.9. The van der Waals surface area contributed by atoms with Crippen LogP contribution in [0, 0.1) is 0 Å². The number of aromatic amines is 1. The highest BCUT2D eigenvalue weighted by molar-refractivity contribution is 7.07. The van der Waals surface area contributed by atoms with Crippen molar-refractivity contribution in [2.75, 3.05) is 6.54 Å². The lowest BCUT2D eigenvalue weighted by Gasteiger charge is -2.08. The topological polar surface area (TPSA) is 113 Å². The summed E-state index contributed by atoms with van der Waals surface area (Å²) in [6.07, 6.45) is 2.25. The van der Waals surface area contributed by atoms with Crippen molar-refractivity contribution in [3.63, 3.8) is 0 Å². The molecule has 0 atom stereocenters. The number of hydrogen-bond acceptors (Lipinski definition) is 7. The predicted octanol–water partition coefficient (Wildman–Crippen LogP) is 4.96. The lowest BCUT2D eigenvalue weighted by atomic mass is 10.0. The summed E-state index contributed by atoms with van der Waals surface area (Å²) >= 11 is 7.09. The van der Waals surface area contributed by atoms with Gasteiger partial charge in [0.25, 0.3) is 5.91 Å². The number of fused-ring (bicyclic) bond motifs is 1. The molecule has 0 aliphatic heterocycles. The van der Waals surface area contributed by atoms with E-state index in [4.69, 9.17) is 16.2 Å². The highest BCUT2D eigenvalue weighted by Gasteiger charge is 2.15. The van der Waals surface area contributed by atoms with E-state index in [1.807, 2.05) is 11.4 Å². The zero-order valence-electron chi connectivity index (χ0n) is 17.7. The smallest absolute Gasteiger partial charge is 0.251 e. The minimum atomic E-state index is -0.177. The molecule has 2 aromatic carbocycles. The molecule has 3 N–H and O–H groups in total. The standard InChI is InChI=1S/C24H18ClN5O3S/c25-33-24-17(2-1-8-27-24)14-4-6-21(31)18(10-14)22-29-19-5-3-15(11-20(19)30-22)23(32)26-9-7-16-12-34-13-28-16/h1-6,8,10-13,31H,7,9H2,(H,26,32)(H,29,30). The van der Waals surface area contributed by atoms with Gasteiger partial charge in [0.05, 0.1) is 27.8 Å². The van der Waals surface area contributed by atoms with Gasteiger partial charge < -0.3 is 19.7 Å². The highest BCUT2D eigenvalue weighted by Crippen LogP contribution is 2.36. The van der Waals surface area contributed by atoms with Crippen LogP contribution in [0.3, 0.4) is 0 Å². The molecule has 0 radical (unpaired) electrons. The average molecular weight is 492 g/mol. The number of H-pyrrole nitrogens is 1. The molecule has 170 valence electrons. The molecule has 0 fully saturated rings. The van der Waals surface area contributed by atoms with Gasteiger partial charge in [-0.1, -0.05) is 6.07 Å². The third-order valence-electron chi connectivity index (χ3n) is 5.30. The number of phenolic OH excluding ortho intramolecular Hbond substituents is 1. The Morgan fingerprint density at radius 3 is 2.88 bits per heavy atom. The fraction of sp³-hybridized carbons (Fsp3) is 0.0833. The second-order valence-electron chi connectivity index (χ2n) is 7.47. The number of imidazole rings is 1. The zero-order valence-corrected chi connectivity index (χ0v) is 19.2. The first-order valence-corrected chi connectivity index (χ1v) is 11.6. The number of benzene rings is 2. The number of aromatic nitrogens is 4. The van der Waals surface area contributed by atoms with Crippen molar-refractivity contribution in [3.8, 4) is 34.1 Å². The van der Waals surface area contributed by atoms with Crippen LogP contribution in [0.25, 0.3) is 33.5 Å². The van der Waals surface area contributed by atoms with Gasteiger partial charge in [-0.2, -0.15) is 0 Å². The van der Waals surface area contributed by atoms with E-state index < -0.39 is 0 Å². The van der Waals surface area contributed by atoms with E-state index in [0.717, 1.165) is 11.3 Å². The average Bonchev–Trinajstić information content (AvgIpc) is 3.53. The monoisotopic (exact) mass is 491 g/mol. The van der Waals surface area contributed by atoms with E-state index in [1.165, 1.54) is 11.3 Å². The Bertz CT molecular complexity index is 1470. The normalized spacial score (nSPS) is 11.0. The van der Waals surface area contributed by atoms with Crippen LogP contribution < -0.4 is 9.61 Å². The van der Waals surface area contributed by atoms with E-state index in [1.54, 1.807) is 54.2 Å². The van der Waals surface area contributed by atoms with Crippen LogP contribution in [0.2, 0.25) is 0 Å². The largest absolute Gasteiger partial charge is 0.507 e. The Balaban J connectivity index is 1.41. The number of pyridine rings is 1. The summed E-state index contributed by atoms with van der Waals surface area (Å²) in [5, 5.41) is 15.4. The summed E-state index contributed by atoms with van der Waals surface area (Å²) < 4.78 is 4.84. The maximum atomic E-state index is 12.6. The van der Waals surface area contributed by atoms with Gasteiger partial charge in [0.15, 0.2) is 0 Å². The molecule has 10 heteroatoms. The number of nitrogens with one attached hydrogen (secondary N) is 2. The number of phenols is 1. The van der Waals surface area contributed by atoms with Crippen LogP contribution in [0.4, 0.5) is 0 Å². The van der Waals surface area contributed by atoms with E-state index in [0.29, 0.717) is 46.5 Å². The predicted molar refractivity (Wildman–Crippen MR) is 131 cm³/mol. The molecule has 0 aliphatic carbocycles. The maximum Gasteiger partial charge on any atom is 0.251 e. The molecule has 0 aliphatic rings.